The highest BCUT2D eigenvalue weighted by atomic mass is 79.9. The number of nitrogens with one attached hydrogen (secondary N) is 1. The standard InChI is InChI=1S/C14H8BrF2NO3/c15-10-4-2-1-3-9(10)13(19)18-8-5-6-11-12(7-8)21-14(16,17)20-11/h1-7H,(H,18,19). The molecule has 4 nitrogen and oxygen atoms in total. The second-order valence-electron chi connectivity index (χ2n) is 4.26. The van der Waals surface area contributed by atoms with Crippen molar-refractivity contribution in [3.05, 3.63) is 52.5 Å². The van der Waals surface area contributed by atoms with Crippen LogP contribution >= 0.6 is 15.9 Å². The number of benzene rings is 2. The molecule has 1 heterocycles. The number of hydrogen-bond acceptors (Lipinski definition) is 3. The van der Waals surface area contributed by atoms with Crippen LogP contribution in [0.15, 0.2) is 46.9 Å². The van der Waals surface area contributed by atoms with Crippen molar-refractivity contribution < 1.29 is 23.0 Å². The number of rotatable bonds is 2. The van der Waals surface area contributed by atoms with Gasteiger partial charge in [0.15, 0.2) is 11.5 Å². The van der Waals surface area contributed by atoms with Gasteiger partial charge in [0.05, 0.1) is 5.56 Å². The maximum atomic E-state index is 12.9. The van der Waals surface area contributed by atoms with E-state index in [1.54, 1.807) is 24.3 Å². The van der Waals surface area contributed by atoms with Crippen LogP contribution in [0.25, 0.3) is 0 Å². The van der Waals surface area contributed by atoms with E-state index in [-0.39, 0.29) is 17.4 Å². The fourth-order valence-electron chi connectivity index (χ4n) is 1.87. The highest BCUT2D eigenvalue weighted by Gasteiger charge is 2.43. The Hall–Kier alpha value is -2.15. The van der Waals surface area contributed by atoms with Crippen molar-refractivity contribution in [2.45, 2.75) is 6.29 Å². The topological polar surface area (TPSA) is 47.6 Å². The number of hydrogen-bond donors (Lipinski definition) is 1. The van der Waals surface area contributed by atoms with Crippen LogP contribution < -0.4 is 14.8 Å². The highest BCUT2D eigenvalue weighted by molar-refractivity contribution is 9.10. The first-order valence-corrected chi connectivity index (χ1v) is 6.70. The Bertz CT molecular complexity index is 721. The maximum Gasteiger partial charge on any atom is 0.586 e. The summed E-state index contributed by atoms with van der Waals surface area (Å²) in [6, 6.07) is 10.9. The van der Waals surface area contributed by atoms with Crippen LogP contribution in [0, 0.1) is 0 Å². The summed E-state index contributed by atoms with van der Waals surface area (Å²) in [6.45, 7) is 0. The second-order valence-corrected chi connectivity index (χ2v) is 5.12. The molecule has 1 amide bonds. The number of carbonyl (C=O) groups is 1. The molecule has 0 atom stereocenters. The maximum absolute atomic E-state index is 12.9. The van der Waals surface area contributed by atoms with E-state index in [0.717, 1.165) is 0 Å². The molecule has 0 radical (unpaired) electrons. The van der Waals surface area contributed by atoms with Gasteiger partial charge in [-0.1, -0.05) is 12.1 Å². The van der Waals surface area contributed by atoms with Crippen molar-refractivity contribution in [1.29, 1.82) is 0 Å². The second kappa shape index (κ2) is 5.00. The monoisotopic (exact) mass is 355 g/mol. The Balaban J connectivity index is 1.81. The Morgan fingerprint density at radius 1 is 1.10 bits per heavy atom. The van der Waals surface area contributed by atoms with Gasteiger partial charge < -0.3 is 14.8 Å². The Morgan fingerprint density at radius 3 is 2.57 bits per heavy atom. The summed E-state index contributed by atoms with van der Waals surface area (Å²) in [5, 5.41) is 2.61. The zero-order valence-electron chi connectivity index (χ0n) is 10.4. The molecule has 3 rings (SSSR count). The van der Waals surface area contributed by atoms with Gasteiger partial charge in [-0.2, -0.15) is 0 Å². The molecule has 0 unspecified atom stereocenters. The third-order valence-electron chi connectivity index (χ3n) is 2.78. The van der Waals surface area contributed by atoms with E-state index in [1.807, 2.05) is 0 Å². The normalized spacial score (nSPS) is 14.8. The average molecular weight is 356 g/mol. The quantitative estimate of drug-likeness (QED) is 0.884. The third-order valence-corrected chi connectivity index (χ3v) is 3.47. The van der Waals surface area contributed by atoms with Crippen molar-refractivity contribution >= 4 is 27.5 Å². The van der Waals surface area contributed by atoms with E-state index >= 15 is 0 Å². The number of carbonyl (C=O) groups excluding carboxylic acids is 1. The lowest BCUT2D eigenvalue weighted by atomic mass is 10.2. The van der Waals surface area contributed by atoms with Gasteiger partial charge in [0.2, 0.25) is 0 Å². The number of halogens is 3. The van der Waals surface area contributed by atoms with E-state index in [2.05, 4.69) is 30.7 Å². The molecule has 1 aliphatic rings. The zero-order chi connectivity index (χ0) is 15.0. The van der Waals surface area contributed by atoms with Crippen LogP contribution in [0.2, 0.25) is 0 Å². The number of anilines is 1. The molecule has 21 heavy (non-hydrogen) atoms. The van der Waals surface area contributed by atoms with E-state index in [9.17, 15) is 13.6 Å². The van der Waals surface area contributed by atoms with Crippen molar-refractivity contribution in [3.63, 3.8) is 0 Å². The molecule has 0 saturated heterocycles. The van der Waals surface area contributed by atoms with Crippen LogP contribution in [-0.2, 0) is 0 Å². The number of fused-ring (bicyclic) bond motifs is 1. The first kappa shape index (κ1) is 13.8. The van der Waals surface area contributed by atoms with Gasteiger partial charge in [-0.3, -0.25) is 4.79 Å². The van der Waals surface area contributed by atoms with Gasteiger partial charge in [-0.05, 0) is 40.2 Å². The van der Waals surface area contributed by atoms with Gasteiger partial charge in [0.1, 0.15) is 0 Å². The average Bonchev–Trinajstić information content (AvgIpc) is 2.72. The summed E-state index contributed by atoms with van der Waals surface area (Å²) in [6.07, 6.45) is -3.67. The Labute approximate surface area is 126 Å². The molecule has 2 aromatic rings. The van der Waals surface area contributed by atoms with Crippen LogP contribution in [0.3, 0.4) is 0 Å². The van der Waals surface area contributed by atoms with Crippen LogP contribution in [0.1, 0.15) is 10.4 Å². The van der Waals surface area contributed by atoms with Crippen molar-refractivity contribution in [1.82, 2.24) is 0 Å². The lowest BCUT2D eigenvalue weighted by molar-refractivity contribution is -0.286. The molecule has 2 aromatic carbocycles. The Kier molecular flexibility index (Phi) is 3.29. The molecule has 108 valence electrons. The minimum absolute atomic E-state index is 0.0705. The number of ether oxygens (including phenoxy) is 2. The minimum Gasteiger partial charge on any atom is -0.395 e. The fourth-order valence-corrected chi connectivity index (χ4v) is 2.34. The molecular formula is C14H8BrF2NO3. The number of amides is 1. The van der Waals surface area contributed by atoms with E-state index in [0.29, 0.717) is 15.7 Å². The zero-order valence-corrected chi connectivity index (χ0v) is 12.0. The van der Waals surface area contributed by atoms with Crippen molar-refractivity contribution in [2.24, 2.45) is 0 Å². The van der Waals surface area contributed by atoms with Crippen molar-refractivity contribution in [3.8, 4) is 11.5 Å². The van der Waals surface area contributed by atoms with E-state index < -0.39 is 6.29 Å². The van der Waals surface area contributed by atoms with E-state index in [4.69, 9.17) is 0 Å². The Morgan fingerprint density at radius 2 is 1.81 bits per heavy atom. The molecular weight excluding hydrogens is 348 g/mol. The fraction of sp³-hybridized carbons (Fsp3) is 0.0714. The lowest BCUT2D eigenvalue weighted by Crippen LogP contribution is -2.25. The molecule has 1 aliphatic heterocycles. The predicted molar refractivity (Wildman–Crippen MR) is 74.7 cm³/mol. The molecule has 7 heteroatoms. The summed E-state index contributed by atoms with van der Waals surface area (Å²) in [4.78, 5) is 12.1. The first-order chi connectivity index (χ1) is 9.94. The SMILES string of the molecule is O=C(Nc1ccc2c(c1)OC(F)(F)O2)c1ccccc1Br. The summed E-state index contributed by atoms with van der Waals surface area (Å²) in [5.41, 5.74) is 0.760. The number of alkyl halides is 2. The molecule has 0 bridgehead atoms. The summed E-state index contributed by atoms with van der Waals surface area (Å²) >= 11 is 3.27. The van der Waals surface area contributed by atoms with Crippen LogP contribution in [0.4, 0.5) is 14.5 Å². The predicted octanol–water partition coefficient (Wildman–Crippen LogP) is 4.02. The van der Waals surface area contributed by atoms with Gasteiger partial charge in [0, 0.05) is 16.2 Å². The summed E-state index contributed by atoms with van der Waals surface area (Å²) in [7, 11) is 0. The van der Waals surface area contributed by atoms with Gasteiger partial charge in [0.25, 0.3) is 5.91 Å². The lowest BCUT2D eigenvalue weighted by Gasteiger charge is -2.07. The van der Waals surface area contributed by atoms with Crippen LogP contribution in [0.5, 0.6) is 11.5 Å². The largest absolute Gasteiger partial charge is 0.586 e. The van der Waals surface area contributed by atoms with E-state index in [1.165, 1.54) is 18.2 Å². The van der Waals surface area contributed by atoms with Gasteiger partial charge >= 0.3 is 6.29 Å². The molecule has 0 aliphatic carbocycles. The summed E-state index contributed by atoms with van der Waals surface area (Å²) in [5.74, 6) is -0.558. The smallest absolute Gasteiger partial charge is 0.395 e. The van der Waals surface area contributed by atoms with Crippen molar-refractivity contribution in [2.75, 3.05) is 5.32 Å². The van der Waals surface area contributed by atoms with Gasteiger partial charge in [-0.25, -0.2) is 0 Å². The highest BCUT2D eigenvalue weighted by Crippen LogP contribution is 2.42. The molecule has 1 N–H and O–H groups in total. The third kappa shape index (κ3) is 2.82. The first-order valence-electron chi connectivity index (χ1n) is 5.90. The van der Waals surface area contributed by atoms with Crippen LogP contribution in [-0.4, -0.2) is 12.2 Å². The molecule has 0 fully saturated rings. The molecule has 0 saturated carbocycles. The molecule has 0 aromatic heterocycles. The minimum atomic E-state index is -3.67. The molecule has 0 spiro atoms. The summed E-state index contributed by atoms with van der Waals surface area (Å²) < 4.78 is 35.1. The van der Waals surface area contributed by atoms with Gasteiger partial charge in [-0.15, -0.1) is 8.78 Å².